The molecule has 2 aromatic heterocycles. The van der Waals surface area contributed by atoms with E-state index in [2.05, 4.69) is 28.3 Å². The molecule has 1 aliphatic rings. The van der Waals surface area contributed by atoms with Crippen LogP contribution >= 0.6 is 0 Å². The third kappa shape index (κ3) is 3.09. The number of hydrogen-bond donors (Lipinski definition) is 1. The summed E-state index contributed by atoms with van der Waals surface area (Å²) in [4.78, 5) is 23.2. The first-order valence-electron chi connectivity index (χ1n) is 9.01. The molecule has 1 aliphatic heterocycles. The molecule has 0 spiro atoms. The van der Waals surface area contributed by atoms with Gasteiger partial charge in [0.2, 0.25) is 0 Å². The molecule has 0 saturated carbocycles. The number of fused-ring (bicyclic) bond motifs is 2. The minimum atomic E-state index is -0.144. The first kappa shape index (κ1) is 17.3. The van der Waals surface area contributed by atoms with Crippen molar-refractivity contribution < 1.29 is 9.53 Å². The number of aromatic nitrogens is 3. The lowest BCUT2D eigenvalue weighted by molar-refractivity contribution is 0.0821. The van der Waals surface area contributed by atoms with Crippen molar-refractivity contribution in [3.05, 3.63) is 53.1 Å². The molecular formula is C20H23N5O2. The van der Waals surface area contributed by atoms with Crippen molar-refractivity contribution in [1.29, 1.82) is 0 Å². The number of nitrogens with zero attached hydrogens (tertiary/aromatic N) is 4. The van der Waals surface area contributed by atoms with Crippen LogP contribution in [-0.2, 0) is 0 Å². The van der Waals surface area contributed by atoms with Gasteiger partial charge in [-0.15, -0.1) is 0 Å². The molecule has 1 atom stereocenters. The molecule has 140 valence electrons. The highest BCUT2D eigenvalue weighted by atomic mass is 16.5. The molecule has 3 heterocycles. The Bertz CT molecular complexity index is 1020. The second-order valence-corrected chi connectivity index (χ2v) is 7.11. The molecule has 27 heavy (non-hydrogen) atoms. The summed E-state index contributed by atoms with van der Waals surface area (Å²) in [5, 5.41) is 3.52. The van der Waals surface area contributed by atoms with Gasteiger partial charge in [-0.2, -0.15) is 0 Å². The van der Waals surface area contributed by atoms with Crippen LogP contribution in [0.3, 0.4) is 0 Å². The van der Waals surface area contributed by atoms with Crippen LogP contribution < -0.4 is 10.1 Å². The topological polar surface area (TPSA) is 71.8 Å². The summed E-state index contributed by atoms with van der Waals surface area (Å²) in [5.74, 6) is 1.36. The van der Waals surface area contributed by atoms with Crippen molar-refractivity contribution in [2.45, 2.75) is 26.3 Å². The average molecular weight is 365 g/mol. The summed E-state index contributed by atoms with van der Waals surface area (Å²) in [6.07, 6.45) is 4.45. The van der Waals surface area contributed by atoms with Crippen molar-refractivity contribution in [1.82, 2.24) is 19.3 Å². The molecular weight excluding hydrogens is 342 g/mol. The van der Waals surface area contributed by atoms with Gasteiger partial charge in [0.1, 0.15) is 11.4 Å². The predicted octanol–water partition coefficient (Wildman–Crippen LogP) is 2.98. The van der Waals surface area contributed by atoms with Gasteiger partial charge in [-0.05, 0) is 25.5 Å². The molecule has 0 aliphatic carbocycles. The zero-order valence-electron chi connectivity index (χ0n) is 16.0. The van der Waals surface area contributed by atoms with E-state index in [1.54, 1.807) is 20.3 Å². The number of benzene rings is 1. The smallest absolute Gasteiger partial charge is 0.273 e. The van der Waals surface area contributed by atoms with E-state index in [0.717, 1.165) is 23.4 Å². The van der Waals surface area contributed by atoms with Crippen LogP contribution in [0.5, 0.6) is 5.75 Å². The molecule has 0 saturated heterocycles. The SMILES string of the molecule is Cc1cn2cc(C(=O)N(C)C)nc(NC3CCOc4cccc(C)c43)c2n1. The first-order chi connectivity index (χ1) is 12.9. The van der Waals surface area contributed by atoms with Crippen LogP contribution in [0.25, 0.3) is 5.65 Å². The molecule has 7 nitrogen and oxygen atoms in total. The second-order valence-electron chi connectivity index (χ2n) is 7.11. The van der Waals surface area contributed by atoms with Gasteiger partial charge in [0.25, 0.3) is 5.91 Å². The number of aryl methyl sites for hydroxylation is 2. The Morgan fingerprint density at radius 1 is 1.26 bits per heavy atom. The van der Waals surface area contributed by atoms with Gasteiger partial charge < -0.3 is 19.4 Å². The van der Waals surface area contributed by atoms with Crippen LogP contribution in [0.4, 0.5) is 5.82 Å². The lowest BCUT2D eigenvalue weighted by atomic mass is 9.96. The fourth-order valence-electron chi connectivity index (χ4n) is 3.52. The van der Waals surface area contributed by atoms with E-state index in [1.807, 2.05) is 29.7 Å². The van der Waals surface area contributed by atoms with Crippen molar-refractivity contribution in [2.24, 2.45) is 0 Å². The summed E-state index contributed by atoms with van der Waals surface area (Å²) < 4.78 is 7.68. The molecule has 4 rings (SSSR count). The van der Waals surface area contributed by atoms with E-state index in [0.29, 0.717) is 23.8 Å². The van der Waals surface area contributed by atoms with Crippen LogP contribution in [0.1, 0.15) is 39.8 Å². The fraction of sp³-hybridized carbons (Fsp3) is 0.350. The monoisotopic (exact) mass is 365 g/mol. The molecule has 1 unspecified atom stereocenters. The largest absolute Gasteiger partial charge is 0.493 e. The third-order valence-electron chi connectivity index (χ3n) is 4.79. The summed E-state index contributed by atoms with van der Waals surface area (Å²) >= 11 is 0. The lowest BCUT2D eigenvalue weighted by Crippen LogP contribution is -2.25. The molecule has 1 N–H and O–H groups in total. The van der Waals surface area contributed by atoms with Crippen LogP contribution in [0.15, 0.2) is 30.6 Å². The van der Waals surface area contributed by atoms with E-state index in [9.17, 15) is 4.79 Å². The average Bonchev–Trinajstić information content (AvgIpc) is 3.01. The van der Waals surface area contributed by atoms with Crippen LogP contribution in [-0.4, -0.2) is 45.9 Å². The molecule has 7 heteroatoms. The minimum Gasteiger partial charge on any atom is -0.493 e. The first-order valence-corrected chi connectivity index (χ1v) is 9.01. The Morgan fingerprint density at radius 3 is 2.85 bits per heavy atom. The van der Waals surface area contributed by atoms with E-state index in [4.69, 9.17) is 4.74 Å². The Balaban J connectivity index is 1.80. The lowest BCUT2D eigenvalue weighted by Gasteiger charge is -2.28. The molecule has 3 aromatic rings. The van der Waals surface area contributed by atoms with Gasteiger partial charge in [0.15, 0.2) is 11.5 Å². The Morgan fingerprint density at radius 2 is 2.07 bits per heavy atom. The number of carbonyl (C=O) groups is 1. The minimum absolute atomic E-state index is 0.0490. The van der Waals surface area contributed by atoms with E-state index < -0.39 is 0 Å². The van der Waals surface area contributed by atoms with Crippen molar-refractivity contribution in [3.63, 3.8) is 0 Å². The van der Waals surface area contributed by atoms with Gasteiger partial charge in [-0.3, -0.25) is 4.79 Å². The summed E-state index contributed by atoms with van der Waals surface area (Å²) in [7, 11) is 3.44. The summed E-state index contributed by atoms with van der Waals surface area (Å²) in [6, 6.07) is 6.12. The van der Waals surface area contributed by atoms with Gasteiger partial charge in [0.05, 0.1) is 18.3 Å². The Kier molecular flexibility index (Phi) is 4.22. The molecule has 0 radical (unpaired) electrons. The maximum atomic E-state index is 12.5. The molecule has 1 amide bonds. The quantitative estimate of drug-likeness (QED) is 0.773. The van der Waals surface area contributed by atoms with Crippen molar-refractivity contribution in [2.75, 3.05) is 26.0 Å². The molecule has 0 fully saturated rings. The zero-order chi connectivity index (χ0) is 19.1. The van der Waals surface area contributed by atoms with Gasteiger partial charge >= 0.3 is 0 Å². The maximum absolute atomic E-state index is 12.5. The number of amides is 1. The highest BCUT2D eigenvalue weighted by molar-refractivity contribution is 5.92. The number of rotatable bonds is 3. The summed E-state index contributed by atoms with van der Waals surface area (Å²) in [5.41, 5.74) is 4.27. The maximum Gasteiger partial charge on any atom is 0.273 e. The van der Waals surface area contributed by atoms with E-state index >= 15 is 0 Å². The Labute approximate surface area is 158 Å². The van der Waals surface area contributed by atoms with Crippen LogP contribution in [0.2, 0.25) is 0 Å². The van der Waals surface area contributed by atoms with E-state index in [1.165, 1.54) is 10.5 Å². The van der Waals surface area contributed by atoms with Gasteiger partial charge in [-0.25, -0.2) is 9.97 Å². The second kappa shape index (κ2) is 6.57. The predicted molar refractivity (Wildman–Crippen MR) is 103 cm³/mol. The number of hydrogen-bond acceptors (Lipinski definition) is 5. The van der Waals surface area contributed by atoms with Crippen molar-refractivity contribution in [3.8, 4) is 5.75 Å². The zero-order valence-corrected chi connectivity index (χ0v) is 16.0. The van der Waals surface area contributed by atoms with Gasteiger partial charge in [0, 0.05) is 38.5 Å². The highest BCUT2D eigenvalue weighted by Gasteiger charge is 2.25. The molecule has 1 aromatic carbocycles. The Hall–Kier alpha value is -3.09. The number of imidazole rings is 1. The van der Waals surface area contributed by atoms with E-state index in [-0.39, 0.29) is 11.9 Å². The number of carbonyl (C=O) groups excluding carboxylic acids is 1. The highest BCUT2D eigenvalue weighted by Crippen LogP contribution is 2.36. The summed E-state index contributed by atoms with van der Waals surface area (Å²) in [6.45, 7) is 4.64. The normalized spacial score (nSPS) is 15.9. The van der Waals surface area contributed by atoms with Crippen LogP contribution in [0, 0.1) is 13.8 Å². The van der Waals surface area contributed by atoms with Crippen molar-refractivity contribution >= 4 is 17.4 Å². The van der Waals surface area contributed by atoms with Gasteiger partial charge in [-0.1, -0.05) is 12.1 Å². The number of anilines is 1. The third-order valence-corrected chi connectivity index (χ3v) is 4.79. The number of nitrogens with one attached hydrogen (secondary N) is 1. The fourth-order valence-corrected chi connectivity index (χ4v) is 3.52. The molecule has 0 bridgehead atoms. The number of ether oxygens (including phenoxy) is 1. The standard InChI is InChI=1S/C20H23N5O2/c1-12-6-5-7-16-17(12)14(8-9-27-16)22-18-19-21-13(2)10-25(19)11-15(23-18)20(26)24(3)4/h5-7,10-11,14H,8-9H2,1-4H3,(H,22,23).